The average molecular weight is 300 g/mol. The largest absolute Gasteiger partial charge is 0.481 e. The molecule has 20 heavy (non-hydrogen) atoms. The number of aliphatic carboxylic acids is 1. The second-order valence-corrected chi connectivity index (χ2v) is 7.35. The van der Waals surface area contributed by atoms with Crippen molar-refractivity contribution in [2.45, 2.75) is 38.8 Å². The molecule has 6 nitrogen and oxygen atoms in total. The number of amides is 2. The van der Waals surface area contributed by atoms with Crippen molar-refractivity contribution in [3.8, 4) is 0 Å². The van der Waals surface area contributed by atoms with Gasteiger partial charge in [0.2, 0.25) is 11.8 Å². The van der Waals surface area contributed by atoms with Gasteiger partial charge in [0.15, 0.2) is 0 Å². The van der Waals surface area contributed by atoms with Gasteiger partial charge in [-0.2, -0.15) is 0 Å². The van der Waals surface area contributed by atoms with Crippen LogP contribution in [0.5, 0.6) is 0 Å². The van der Waals surface area contributed by atoms with E-state index in [4.69, 9.17) is 5.11 Å². The molecule has 3 unspecified atom stereocenters. The fraction of sp³-hybridized carbons (Fsp3) is 0.769. The predicted octanol–water partition coefficient (Wildman–Crippen LogP) is 0.523. The van der Waals surface area contributed by atoms with Crippen molar-refractivity contribution >= 4 is 29.5 Å². The molecule has 2 fully saturated rings. The highest BCUT2D eigenvalue weighted by Gasteiger charge is 2.52. The van der Waals surface area contributed by atoms with E-state index in [2.05, 4.69) is 5.32 Å². The van der Waals surface area contributed by atoms with Crippen LogP contribution < -0.4 is 5.32 Å². The fourth-order valence-electron chi connectivity index (χ4n) is 2.28. The minimum atomic E-state index is -0.925. The van der Waals surface area contributed by atoms with E-state index in [0.717, 1.165) is 0 Å². The van der Waals surface area contributed by atoms with Gasteiger partial charge in [-0.15, -0.1) is 11.8 Å². The summed E-state index contributed by atoms with van der Waals surface area (Å²) < 4.78 is 0. The van der Waals surface area contributed by atoms with E-state index in [0.29, 0.717) is 18.1 Å². The number of carboxylic acid groups (broad SMARTS) is 1. The lowest BCUT2D eigenvalue weighted by molar-refractivity contribution is -0.143. The summed E-state index contributed by atoms with van der Waals surface area (Å²) in [4.78, 5) is 36.8. The molecule has 2 N–H and O–H groups in total. The first kappa shape index (κ1) is 15.2. The molecule has 1 saturated heterocycles. The van der Waals surface area contributed by atoms with Crippen molar-refractivity contribution in [1.29, 1.82) is 0 Å². The van der Waals surface area contributed by atoms with Crippen molar-refractivity contribution < 1.29 is 19.5 Å². The maximum Gasteiger partial charge on any atom is 0.307 e. The van der Waals surface area contributed by atoms with Crippen molar-refractivity contribution in [3.05, 3.63) is 0 Å². The summed E-state index contributed by atoms with van der Waals surface area (Å²) in [5.41, 5.74) is -0.345. The van der Waals surface area contributed by atoms with Gasteiger partial charge < -0.3 is 15.3 Å². The first-order valence-corrected chi connectivity index (χ1v) is 7.79. The first-order chi connectivity index (χ1) is 9.20. The molecule has 0 aromatic carbocycles. The van der Waals surface area contributed by atoms with Gasteiger partial charge in [-0.1, -0.05) is 0 Å². The highest BCUT2D eigenvalue weighted by Crippen LogP contribution is 2.41. The molecule has 0 spiro atoms. The summed E-state index contributed by atoms with van der Waals surface area (Å²) >= 11 is 1.52. The Hall–Kier alpha value is -1.24. The second kappa shape index (κ2) is 5.27. The zero-order valence-electron chi connectivity index (χ0n) is 11.9. The quantitative estimate of drug-likeness (QED) is 0.793. The number of rotatable bonds is 3. The van der Waals surface area contributed by atoms with E-state index in [1.54, 1.807) is 0 Å². The van der Waals surface area contributed by atoms with Crippen LogP contribution in [0.2, 0.25) is 0 Å². The fourth-order valence-corrected chi connectivity index (χ4v) is 3.45. The molecule has 3 atom stereocenters. The molecule has 2 rings (SSSR count). The monoisotopic (exact) mass is 300 g/mol. The lowest BCUT2D eigenvalue weighted by Gasteiger charge is -2.27. The second-order valence-electron chi connectivity index (χ2n) is 6.35. The molecule has 0 bridgehead atoms. The Morgan fingerprint density at radius 1 is 1.25 bits per heavy atom. The summed E-state index contributed by atoms with van der Waals surface area (Å²) in [5.74, 6) is -1.27. The van der Waals surface area contributed by atoms with Crippen LogP contribution >= 0.6 is 11.8 Å². The molecule has 112 valence electrons. The molecule has 0 radical (unpaired) electrons. The number of hydrogen-bond donors (Lipinski definition) is 2. The van der Waals surface area contributed by atoms with Crippen molar-refractivity contribution in [1.82, 2.24) is 10.2 Å². The highest BCUT2D eigenvalue weighted by atomic mass is 32.2. The van der Waals surface area contributed by atoms with Gasteiger partial charge in [-0.3, -0.25) is 14.4 Å². The maximum atomic E-state index is 12.3. The van der Waals surface area contributed by atoms with Gasteiger partial charge in [0.1, 0.15) is 6.04 Å². The summed E-state index contributed by atoms with van der Waals surface area (Å²) in [6.45, 7) is 5.67. The molecule has 2 amide bonds. The van der Waals surface area contributed by atoms with Crippen LogP contribution in [-0.2, 0) is 14.4 Å². The predicted molar refractivity (Wildman–Crippen MR) is 75.1 cm³/mol. The van der Waals surface area contributed by atoms with Gasteiger partial charge >= 0.3 is 5.97 Å². The zero-order valence-corrected chi connectivity index (χ0v) is 12.7. The van der Waals surface area contributed by atoms with E-state index < -0.39 is 23.8 Å². The van der Waals surface area contributed by atoms with E-state index in [1.807, 2.05) is 20.8 Å². The molecule has 0 aromatic heterocycles. The zero-order chi connectivity index (χ0) is 15.1. The topological polar surface area (TPSA) is 86.7 Å². The smallest absolute Gasteiger partial charge is 0.307 e. The number of carboxylic acids is 1. The molecule has 1 aliphatic heterocycles. The molecule has 2 aliphatic rings. The van der Waals surface area contributed by atoms with Gasteiger partial charge in [-0.25, -0.2) is 0 Å². The normalized spacial score (nSPS) is 29.1. The van der Waals surface area contributed by atoms with Crippen LogP contribution in [0.1, 0.15) is 27.2 Å². The average Bonchev–Trinajstić information content (AvgIpc) is 2.95. The minimum absolute atomic E-state index is 0.164. The number of carbonyl (C=O) groups is 3. The Bertz CT molecular complexity index is 446. The van der Waals surface area contributed by atoms with Crippen LogP contribution in [0.25, 0.3) is 0 Å². The molecular formula is C13H20N2O4S. The third-order valence-electron chi connectivity index (χ3n) is 3.39. The SMILES string of the molecule is CC(C)(C)NC(=O)C1CSCN1C(=O)C1CC1C(=O)O. The number of nitrogens with one attached hydrogen (secondary N) is 1. The lowest BCUT2D eigenvalue weighted by Crippen LogP contribution is -2.52. The van der Waals surface area contributed by atoms with Crippen LogP contribution in [0, 0.1) is 11.8 Å². The van der Waals surface area contributed by atoms with Crippen molar-refractivity contribution in [3.63, 3.8) is 0 Å². The maximum absolute atomic E-state index is 12.3. The molecule has 1 aliphatic carbocycles. The highest BCUT2D eigenvalue weighted by molar-refractivity contribution is 7.99. The minimum Gasteiger partial charge on any atom is -0.481 e. The van der Waals surface area contributed by atoms with Crippen LogP contribution in [0.4, 0.5) is 0 Å². The Morgan fingerprint density at radius 2 is 1.90 bits per heavy atom. The lowest BCUT2D eigenvalue weighted by atomic mass is 10.1. The molecule has 1 heterocycles. The van der Waals surface area contributed by atoms with Crippen molar-refractivity contribution in [2.75, 3.05) is 11.6 Å². The number of carbonyl (C=O) groups excluding carboxylic acids is 2. The van der Waals surface area contributed by atoms with E-state index in [-0.39, 0.29) is 17.4 Å². The Kier molecular flexibility index (Phi) is 4.00. The molecular weight excluding hydrogens is 280 g/mol. The third-order valence-corrected chi connectivity index (χ3v) is 4.40. The summed E-state index contributed by atoms with van der Waals surface area (Å²) in [6.07, 6.45) is 0.392. The van der Waals surface area contributed by atoms with Gasteiger partial charge in [0.25, 0.3) is 0 Å². The molecule has 7 heteroatoms. The van der Waals surface area contributed by atoms with E-state index in [1.165, 1.54) is 16.7 Å². The summed E-state index contributed by atoms with van der Waals surface area (Å²) in [5, 5.41) is 11.8. The van der Waals surface area contributed by atoms with Gasteiger partial charge in [-0.05, 0) is 27.2 Å². The van der Waals surface area contributed by atoms with Crippen LogP contribution in [0.3, 0.4) is 0 Å². The first-order valence-electron chi connectivity index (χ1n) is 6.64. The van der Waals surface area contributed by atoms with Crippen LogP contribution in [-0.4, -0.2) is 51.0 Å². The molecule has 1 saturated carbocycles. The van der Waals surface area contributed by atoms with E-state index in [9.17, 15) is 14.4 Å². The number of hydrogen-bond acceptors (Lipinski definition) is 4. The Morgan fingerprint density at radius 3 is 2.40 bits per heavy atom. The Labute approximate surface area is 122 Å². The molecule has 0 aromatic rings. The summed E-state index contributed by atoms with van der Waals surface area (Å²) in [7, 11) is 0. The van der Waals surface area contributed by atoms with Gasteiger partial charge in [0.05, 0.1) is 17.7 Å². The Balaban J connectivity index is 1.99. The number of thioether (sulfide) groups is 1. The van der Waals surface area contributed by atoms with Crippen molar-refractivity contribution in [2.24, 2.45) is 11.8 Å². The standard InChI is InChI=1S/C13H20N2O4S/c1-13(2,3)14-10(16)9-5-20-6-15(9)11(17)7-4-8(7)12(18)19/h7-9H,4-6H2,1-3H3,(H,14,16)(H,18,19). The van der Waals surface area contributed by atoms with Crippen LogP contribution in [0.15, 0.2) is 0 Å². The third kappa shape index (κ3) is 3.26. The van der Waals surface area contributed by atoms with Gasteiger partial charge in [0, 0.05) is 11.3 Å². The summed E-state index contributed by atoms with van der Waals surface area (Å²) in [6, 6.07) is -0.484. The number of nitrogens with zero attached hydrogens (tertiary/aromatic N) is 1. The van der Waals surface area contributed by atoms with E-state index >= 15 is 0 Å².